The van der Waals surface area contributed by atoms with Gasteiger partial charge in [-0.15, -0.1) is 0 Å². The van der Waals surface area contributed by atoms with Crippen molar-refractivity contribution in [2.45, 2.75) is 11.3 Å². The van der Waals surface area contributed by atoms with Crippen LogP contribution in [0.3, 0.4) is 0 Å². The number of nitrogens with one attached hydrogen (secondary N) is 2. The van der Waals surface area contributed by atoms with Gasteiger partial charge in [0.05, 0.1) is 17.0 Å². The molecule has 2 aromatic carbocycles. The van der Waals surface area contributed by atoms with Gasteiger partial charge in [0.1, 0.15) is 5.82 Å². The summed E-state index contributed by atoms with van der Waals surface area (Å²) in [6, 6.07) is 10.8. The van der Waals surface area contributed by atoms with E-state index in [-0.39, 0.29) is 22.6 Å². The van der Waals surface area contributed by atoms with Crippen LogP contribution in [0.5, 0.6) is 0 Å². The second kappa shape index (κ2) is 11.1. The van der Waals surface area contributed by atoms with Crippen LogP contribution in [0.1, 0.15) is 16.8 Å². The van der Waals surface area contributed by atoms with Gasteiger partial charge >= 0.3 is 5.97 Å². The van der Waals surface area contributed by atoms with Gasteiger partial charge in [-0.2, -0.15) is 0 Å². The van der Waals surface area contributed by atoms with Crippen LogP contribution in [0.25, 0.3) is 0 Å². The number of carbonyl (C=O) groups excluding carboxylic acids is 1. The molecule has 156 valence electrons. The molecule has 3 N–H and O–H groups in total. The average molecular weight is 459 g/mol. The number of sulfonamides is 1. The smallest absolute Gasteiger partial charge is 0.304 e. The highest BCUT2D eigenvalue weighted by Crippen LogP contribution is 2.21. The molecule has 2 aromatic rings. The lowest BCUT2D eigenvalue weighted by Gasteiger charge is -2.10. The first-order valence-corrected chi connectivity index (χ1v) is 12.4. The molecule has 2 rings (SSSR count). The molecule has 0 atom stereocenters. The lowest BCUT2D eigenvalue weighted by atomic mass is 10.2. The van der Waals surface area contributed by atoms with E-state index >= 15 is 0 Å². The zero-order valence-electron chi connectivity index (χ0n) is 15.1. The lowest BCUT2D eigenvalue weighted by molar-refractivity contribution is -0.136. The maximum absolute atomic E-state index is 13.7. The number of para-hydroxylation sites is 1. The van der Waals surface area contributed by atoms with Crippen molar-refractivity contribution in [2.75, 3.05) is 22.8 Å². The van der Waals surface area contributed by atoms with E-state index < -0.39 is 27.7 Å². The summed E-state index contributed by atoms with van der Waals surface area (Å²) in [6.07, 6.45) is 0.0756. The van der Waals surface area contributed by atoms with Crippen LogP contribution < -0.4 is 10.0 Å². The molecule has 0 saturated heterocycles. The normalized spacial score (nSPS) is 11.1. The quantitative estimate of drug-likeness (QED) is 0.350. The molecule has 0 heterocycles. The van der Waals surface area contributed by atoms with Crippen molar-refractivity contribution in [3.63, 3.8) is 0 Å². The Bertz CT molecular complexity index is 969. The average Bonchev–Trinajstić information content (AvgIpc) is 2.68. The van der Waals surface area contributed by atoms with Gasteiger partial charge in [-0.25, -0.2) is 12.8 Å². The molecular weight excluding hydrogens is 439 g/mol. The lowest BCUT2D eigenvalue weighted by Crippen LogP contribution is -2.26. The highest BCUT2D eigenvalue weighted by Gasteiger charge is 2.18. The first-order valence-electron chi connectivity index (χ1n) is 8.41. The van der Waals surface area contributed by atoms with E-state index in [1.165, 1.54) is 64.1 Å². The van der Waals surface area contributed by atoms with Crippen LogP contribution in [0.2, 0.25) is 0 Å². The van der Waals surface area contributed by atoms with E-state index in [1.54, 1.807) is 0 Å². The fourth-order valence-corrected chi connectivity index (χ4v) is 5.11. The molecule has 0 aromatic heterocycles. The van der Waals surface area contributed by atoms with E-state index in [1.807, 2.05) is 0 Å². The third kappa shape index (κ3) is 7.59. The Balaban J connectivity index is 1.92. The zero-order valence-corrected chi connectivity index (χ0v) is 17.6. The van der Waals surface area contributed by atoms with Gasteiger partial charge < -0.3 is 10.4 Å². The molecule has 0 aliphatic carbocycles. The van der Waals surface area contributed by atoms with Gasteiger partial charge in [-0.3, -0.25) is 14.3 Å². The van der Waals surface area contributed by atoms with Crippen LogP contribution in [-0.4, -0.2) is 43.5 Å². The monoisotopic (exact) mass is 458 g/mol. The Kier molecular flexibility index (Phi) is 8.80. The molecule has 0 aliphatic heterocycles. The summed E-state index contributed by atoms with van der Waals surface area (Å²) in [4.78, 5) is 22.5. The molecule has 0 unspecified atom stereocenters. The van der Waals surface area contributed by atoms with Crippen LogP contribution in [-0.2, 0) is 14.8 Å². The molecule has 1 amide bonds. The Morgan fingerprint density at radius 2 is 1.76 bits per heavy atom. The van der Waals surface area contributed by atoms with Crippen molar-refractivity contribution in [3.05, 3.63) is 59.9 Å². The predicted octanol–water partition coefficient (Wildman–Crippen LogP) is 3.21. The molecular formula is C18H19FN2O5S3. The molecule has 11 heteroatoms. The third-order valence-electron chi connectivity index (χ3n) is 3.48. The van der Waals surface area contributed by atoms with E-state index in [0.29, 0.717) is 18.1 Å². The summed E-state index contributed by atoms with van der Waals surface area (Å²) in [5, 5.41) is 11.2. The van der Waals surface area contributed by atoms with E-state index in [2.05, 4.69) is 10.0 Å². The Hall–Kier alpha value is -2.24. The van der Waals surface area contributed by atoms with Gasteiger partial charge in [0.2, 0.25) is 0 Å². The van der Waals surface area contributed by atoms with Gasteiger partial charge in [0, 0.05) is 23.6 Å². The first-order chi connectivity index (χ1) is 13.8. The van der Waals surface area contributed by atoms with Crippen LogP contribution >= 0.6 is 21.6 Å². The van der Waals surface area contributed by atoms with Gasteiger partial charge in [0.15, 0.2) is 0 Å². The number of hydrogen-bond donors (Lipinski definition) is 3. The Labute approximate surface area is 175 Å². The third-order valence-corrected chi connectivity index (χ3v) is 7.25. The molecule has 0 spiro atoms. The standard InChI is InChI=1S/C18H19FN2O5S3/c19-15-6-1-2-7-16(15)21-29(25,26)14-5-3-4-13(12-14)18(24)20-9-11-28-27-10-8-17(22)23/h1-7,12,21H,8-11H2,(H,20,24)(H,22,23). The van der Waals surface area contributed by atoms with Crippen molar-refractivity contribution in [1.29, 1.82) is 0 Å². The highest BCUT2D eigenvalue weighted by molar-refractivity contribution is 8.76. The van der Waals surface area contributed by atoms with Gasteiger partial charge in [-0.1, -0.05) is 39.8 Å². The molecule has 0 radical (unpaired) electrons. The van der Waals surface area contributed by atoms with Crippen molar-refractivity contribution >= 4 is 49.2 Å². The fourth-order valence-electron chi connectivity index (χ4n) is 2.11. The second-order valence-electron chi connectivity index (χ2n) is 5.66. The van der Waals surface area contributed by atoms with Crippen molar-refractivity contribution < 1.29 is 27.5 Å². The number of carboxylic acid groups (broad SMARTS) is 1. The second-order valence-corrected chi connectivity index (χ2v) is 10.0. The molecule has 7 nitrogen and oxygen atoms in total. The van der Waals surface area contributed by atoms with Crippen molar-refractivity contribution in [1.82, 2.24) is 5.32 Å². The minimum absolute atomic E-state index is 0.0756. The predicted molar refractivity (Wildman–Crippen MR) is 113 cm³/mol. The van der Waals surface area contributed by atoms with Crippen LogP contribution in [0.4, 0.5) is 10.1 Å². The summed E-state index contributed by atoms with van der Waals surface area (Å²) in [5.74, 6) is -0.954. The number of hydrogen-bond acceptors (Lipinski definition) is 6. The molecule has 29 heavy (non-hydrogen) atoms. The number of benzene rings is 2. The number of aliphatic carboxylic acids is 1. The van der Waals surface area contributed by atoms with E-state index in [0.717, 1.165) is 6.07 Å². The molecule has 0 fully saturated rings. The number of halogens is 1. The van der Waals surface area contributed by atoms with Crippen molar-refractivity contribution in [3.8, 4) is 0 Å². The molecule has 0 aliphatic rings. The number of carboxylic acids is 1. The number of amides is 1. The summed E-state index contributed by atoms with van der Waals surface area (Å²) < 4.78 is 40.8. The maximum Gasteiger partial charge on any atom is 0.304 e. The zero-order chi connectivity index (χ0) is 21.3. The fraction of sp³-hybridized carbons (Fsp3) is 0.222. The molecule has 0 bridgehead atoms. The summed E-state index contributed by atoms with van der Waals surface area (Å²) in [7, 11) is -1.22. The minimum Gasteiger partial charge on any atom is -0.481 e. The topological polar surface area (TPSA) is 113 Å². The van der Waals surface area contributed by atoms with E-state index in [9.17, 15) is 22.4 Å². The number of anilines is 1. The molecule has 0 saturated carbocycles. The first kappa shape index (κ1) is 23.0. The number of rotatable bonds is 11. The largest absolute Gasteiger partial charge is 0.481 e. The Morgan fingerprint density at radius 3 is 2.48 bits per heavy atom. The summed E-state index contributed by atoms with van der Waals surface area (Å²) >= 11 is 0. The minimum atomic E-state index is -4.06. The van der Waals surface area contributed by atoms with Crippen LogP contribution in [0, 0.1) is 5.82 Å². The van der Waals surface area contributed by atoms with Gasteiger partial charge in [0.25, 0.3) is 15.9 Å². The number of carbonyl (C=O) groups is 2. The van der Waals surface area contributed by atoms with Crippen LogP contribution in [0.15, 0.2) is 53.4 Å². The summed E-state index contributed by atoms with van der Waals surface area (Å²) in [5.41, 5.74) is -0.0234. The Morgan fingerprint density at radius 1 is 1.03 bits per heavy atom. The summed E-state index contributed by atoms with van der Waals surface area (Å²) in [6.45, 7) is 0.341. The van der Waals surface area contributed by atoms with Gasteiger partial charge in [-0.05, 0) is 30.3 Å². The van der Waals surface area contributed by atoms with Crippen molar-refractivity contribution in [2.24, 2.45) is 0 Å². The maximum atomic E-state index is 13.7. The highest BCUT2D eigenvalue weighted by atomic mass is 33.1. The van der Waals surface area contributed by atoms with E-state index in [4.69, 9.17) is 5.11 Å². The SMILES string of the molecule is O=C(O)CCSSCCNC(=O)c1cccc(S(=O)(=O)Nc2ccccc2F)c1.